The van der Waals surface area contributed by atoms with Crippen LogP contribution < -0.4 is 0 Å². The second-order valence-corrected chi connectivity index (χ2v) is 3.67. The molecule has 2 fully saturated rings. The fourth-order valence-corrected chi connectivity index (χ4v) is 2.22. The minimum Gasteiger partial charge on any atom is -0.302 e. The highest BCUT2D eigenvalue weighted by atomic mass is 16.1. The van der Waals surface area contributed by atoms with E-state index in [2.05, 4.69) is 10.0 Å². The lowest BCUT2D eigenvalue weighted by molar-refractivity contribution is -0.117. The molecule has 0 spiro atoms. The van der Waals surface area contributed by atoms with Crippen molar-refractivity contribution in [3.63, 3.8) is 0 Å². The summed E-state index contributed by atoms with van der Waals surface area (Å²) in [7, 11) is 0. The Morgan fingerprint density at radius 2 is 1.83 bits per heavy atom. The number of carbonyl (C=O) groups is 1. The highest BCUT2D eigenvalue weighted by molar-refractivity contribution is 5.57. The first-order valence-electron chi connectivity index (χ1n) is 4.88. The molecule has 3 heteroatoms. The minimum atomic E-state index is 0.183. The molecule has 2 rings (SSSR count). The van der Waals surface area contributed by atoms with Gasteiger partial charge in [-0.15, -0.1) is 0 Å². The molecule has 2 aliphatic rings. The Morgan fingerprint density at radius 3 is 2.50 bits per heavy atom. The van der Waals surface area contributed by atoms with E-state index in [4.69, 9.17) is 0 Å². The maximum atomic E-state index is 10.7. The largest absolute Gasteiger partial charge is 0.302 e. The first-order chi connectivity index (χ1) is 5.92. The van der Waals surface area contributed by atoms with Crippen molar-refractivity contribution in [2.24, 2.45) is 0 Å². The van der Waals surface area contributed by atoms with Crippen molar-refractivity contribution in [3.8, 4) is 0 Å². The Kier molecular flexibility index (Phi) is 2.42. The van der Waals surface area contributed by atoms with E-state index in [1.54, 1.807) is 0 Å². The molecule has 0 aromatic heterocycles. The number of hydrazine groups is 1. The molecule has 1 atom stereocenters. The molecule has 0 bridgehead atoms. The number of nitrogens with zero attached hydrogens (tertiary/aromatic N) is 2. The number of hydrogen-bond acceptors (Lipinski definition) is 3. The summed E-state index contributed by atoms with van der Waals surface area (Å²) in [4.78, 5) is 10.7. The molecule has 0 amide bonds. The van der Waals surface area contributed by atoms with Crippen LogP contribution in [0.4, 0.5) is 0 Å². The van der Waals surface area contributed by atoms with Crippen LogP contribution in [0.1, 0.15) is 25.7 Å². The predicted octanol–water partition coefficient (Wildman–Crippen LogP) is 0.660. The molecule has 2 saturated heterocycles. The third-order valence-electron chi connectivity index (χ3n) is 2.87. The van der Waals surface area contributed by atoms with Crippen LogP contribution >= 0.6 is 0 Å². The van der Waals surface area contributed by atoms with Crippen LogP contribution in [0.3, 0.4) is 0 Å². The third-order valence-corrected chi connectivity index (χ3v) is 2.87. The molecule has 3 nitrogen and oxygen atoms in total. The van der Waals surface area contributed by atoms with E-state index in [1.165, 1.54) is 19.3 Å². The molecule has 12 heavy (non-hydrogen) atoms. The fraction of sp³-hybridized carbons (Fsp3) is 0.889. The van der Waals surface area contributed by atoms with Gasteiger partial charge in [0.2, 0.25) is 0 Å². The molecule has 2 heterocycles. The second-order valence-electron chi connectivity index (χ2n) is 3.67. The van der Waals surface area contributed by atoms with Crippen molar-refractivity contribution in [2.75, 3.05) is 19.6 Å². The number of carbonyl (C=O) groups excluding carboxylic acids is 1. The summed E-state index contributed by atoms with van der Waals surface area (Å²) in [6.45, 7) is 3.40. The van der Waals surface area contributed by atoms with Gasteiger partial charge in [-0.25, -0.2) is 10.0 Å². The third kappa shape index (κ3) is 1.39. The fourth-order valence-electron chi connectivity index (χ4n) is 2.22. The van der Waals surface area contributed by atoms with Crippen LogP contribution in [-0.2, 0) is 4.79 Å². The van der Waals surface area contributed by atoms with Crippen LogP contribution in [0, 0.1) is 0 Å². The van der Waals surface area contributed by atoms with Crippen LogP contribution in [0.2, 0.25) is 0 Å². The molecule has 0 radical (unpaired) electrons. The summed E-state index contributed by atoms with van der Waals surface area (Å²) < 4.78 is 0. The molecule has 0 N–H and O–H groups in total. The molecule has 0 saturated carbocycles. The zero-order chi connectivity index (χ0) is 8.39. The summed E-state index contributed by atoms with van der Waals surface area (Å²) in [5.74, 6) is 0. The van der Waals surface area contributed by atoms with Crippen molar-refractivity contribution >= 4 is 6.29 Å². The molecule has 2 aliphatic heterocycles. The monoisotopic (exact) mass is 168 g/mol. The summed E-state index contributed by atoms with van der Waals surface area (Å²) in [6, 6.07) is 0.183. The highest BCUT2D eigenvalue weighted by Gasteiger charge is 2.30. The minimum absolute atomic E-state index is 0.183. The lowest BCUT2D eigenvalue weighted by Gasteiger charge is -2.30. The number of aldehydes is 1. The Bertz CT molecular complexity index is 166. The van der Waals surface area contributed by atoms with Crippen LogP contribution in [0.15, 0.2) is 0 Å². The standard InChI is InChI=1S/C9H16N2O/c12-8-9-4-3-7-11(9)10-5-1-2-6-10/h8-9H,1-7H2. The van der Waals surface area contributed by atoms with Crippen molar-refractivity contribution in [1.29, 1.82) is 0 Å². The lowest BCUT2D eigenvalue weighted by Crippen LogP contribution is -2.44. The molecule has 68 valence electrons. The smallest absolute Gasteiger partial charge is 0.138 e. The number of hydrogen-bond donors (Lipinski definition) is 0. The highest BCUT2D eigenvalue weighted by Crippen LogP contribution is 2.21. The normalized spacial score (nSPS) is 32.8. The maximum absolute atomic E-state index is 10.7. The Hall–Kier alpha value is -0.410. The van der Waals surface area contributed by atoms with Crippen molar-refractivity contribution in [3.05, 3.63) is 0 Å². The van der Waals surface area contributed by atoms with E-state index in [-0.39, 0.29) is 6.04 Å². The molecule has 0 aliphatic carbocycles. The molecular formula is C9H16N2O. The molecule has 1 unspecified atom stereocenters. The van der Waals surface area contributed by atoms with Gasteiger partial charge in [0.1, 0.15) is 6.29 Å². The SMILES string of the molecule is O=CC1CCCN1N1CCCC1. The average molecular weight is 168 g/mol. The van der Waals surface area contributed by atoms with E-state index >= 15 is 0 Å². The Labute approximate surface area is 73.3 Å². The topological polar surface area (TPSA) is 23.6 Å². The predicted molar refractivity (Wildman–Crippen MR) is 46.6 cm³/mol. The van der Waals surface area contributed by atoms with Gasteiger partial charge in [-0.3, -0.25) is 0 Å². The van der Waals surface area contributed by atoms with Crippen LogP contribution in [0.5, 0.6) is 0 Å². The van der Waals surface area contributed by atoms with Crippen LogP contribution in [-0.4, -0.2) is 42.0 Å². The van der Waals surface area contributed by atoms with Gasteiger partial charge in [0.15, 0.2) is 0 Å². The Balaban J connectivity index is 1.96. The molecule has 0 aromatic rings. The van der Waals surface area contributed by atoms with Gasteiger partial charge in [-0.05, 0) is 25.7 Å². The van der Waals surface area contributed by atoms with Crippen molar-refractivity contribution in [2.45, 2.75) is 31.7 Å². The van der Waals surface area contributed by atoms with E-state index in [0.717, 1.165) is 32.3 Å². The van der Waals surface area contributed by atoms with E-state index < -0.39 is 0 Å². The summed E-state index contributed by atoms with van der Waals surface area (Å²) in [6.07, 6.45) is 5.93. The van der Waals surface area contributed by atoms with Crippen molar-refractivity contribution < 1.29 is 4.79 Å². The summed E-state index contributed by atoms with van der Waals surface area (Å²) in [5.41, 5.74) is 0. The molecular weight excluding hydrogens is 152 g/mol. The van der Waals surface area contributed by atoms with Gasteiger partial charge in [-0.1, -0.05) is 0 Å². The van der Waals surface area contributed by atoms with Gasteiger partial charge < -0.3 is 4.79 Å². The first-order valence-corrected chi connectivity index (χ1v) is 4.88. The Morgan fingerprint density at radius 1 is 1.08 bits per heavy atom. The summed E-state index contributed by atoms with van der Waals surface area (Å²) >= 11 is 0. The van der Waals surface area contributed by atoms with Gasteiger partial charge in [-0.2, -0.15) is 0 Å². The molecule has 0 aromatic carbocycles. The second kappa shape index (κ2) is 3.54. The number of rotatable bonds is 2. The summed E-state index contributed by atoms with van der Waals surface area (Å²) in [5, 5.41) is 4.62. The van der Waals surface area contributed by atoms with Gasteiger partial charge >= 0.3 is 0 Å². The maximum Gasteiger partial charge on any atom is 0.138 e. The lowest BCUT2D eigenvalue weighted by atomic mass is 10.2. The zero-order valence-corrected chi connectivity index (χ0v) is 7.41. The van der Waals surface area contributed by atoms with Gasteiger partial charge in [0.25, 0.3) is 0 Å². The van der Waals surface area contributed by atoms with Crippen LogP contribution in [0.25, 0.3) is 0 Å². The zero-order valence-electron chi connectivity index (χ0n) is 7.41. The van der Waals surface area contributed by atoms with E-state index in [1.807, 2.05) is 0 Å². The van der Waals surface area contributed by atoms with Gasteiger partial charge in [0.05, 0.1) is 6.04 Å². The quantitative estimate of drug-likeness (QED) is 0.566. The van der Waals surface area contributed by atoms with Gasteiger partial charge in [0, 0.05) is 19.6 Å². The van der Waals surface area contributed by atoms with E-state index in [0.29, 0.717) is 0 Å². The van der Waals surface area contributed by atoms with E-state index in [9.17, 15) is 4.79 Å². The average Bonchev–Trinajstić information content (AvgIpc) is 2.74. The first kappa shape index (κ1) is 8.20. The van der Waals surface area contributed by atoms with Crippen molar-refractivity contribution in [1.82, 2.24) is 10.0 Å².